The molecule has 0 aliphatic rings. The lowest BCUT2D eigenvalue weighted by Gasteiger charge is -1.54. The first-order chi connectivity index (χ1) is 2.27. The van der Waals surface area contributed by atoms with Crippen LogP contribution in [0.4, 0.5) is 0 Å². The van der Waals surface area contributed by atoms with Crippen molar-refractivity contribution in [1.82, 2.24) is 0 Å². The van der Waals surface area contributed by atoms with Crippen molar-refractivity contribution in [3.05, 3.63) is 0 Å². The molecule has 0 fully saturated rings. The van der Waals surface area contributed by atoms with E-state index in [0.717, 1.165) is 0 Å². The molecule has 1 nitrogen and oxygen atoms in total. The maximum absolute atomic E-state index is 9.25. The highest BCUT2D eigenvalue weighted by atomic mass is 35.5. The minimum absolute atomic E-state index is 0.0772. The zero-order chi connectivity index (χ0) is 4.28. The van der Waals surface area contributed by atoms with Crippen LogP contribution in [0, 0.1) is 0 Å². The van der Waals surface area contributed by atoms with Gasteiger partial charge in [0.2, 0.25) is 0 Å². The average molecular weight is 131 g/mol. The van der Waals surface area contributed by atoms with Gasteiger partial charge >= 0.3 is 0 Å². The van der Waals surface area contributed by atoms with E-state index in [4.69, 9.17) is 23.2 Å². The molecule has 0 N–H and O–H groups in total. The Kier molecular flexibility index (Phi) is 2.95. The van der Waals surface area contributed by atoms with Crippen LogP contribution in [0.2, 0.25) is 0 Å². The molecule has 0 heterocycles. The summed E-state index contributed by atoms with van der Waals surface area (Å²) in [6.07, 6.45) is 0. The Bertz CT molecular complexity index is 69.7. The first kappa shape index (κ1) is 5.47. The van der Waals surface area contributed by atoms with Gasteiger partial charge in [0.25, 0.3) is 0 Å². The summed E-state index contributed by atoms with van der Waals surface area (Å²) >= 11 is 9.67. The molecular weight excluding hydrogens is 131 g/mol. The summed E-state index contributed by atoms with van der Waals surface area (Å²) in [5.74, 6) is 0. The van der Waals surface area contributed by atoms with Crippen molar-refractivity contribution in [2.24, 2.45) is 0 Å². The number of rotatable bonds is 0. The van der Waals surface area contributed by atoms with Crippen LogP contribution in [0.5, 0.6) is 0 Å². The molecule has 0 spiro atoms. The predicted molar refractivity (Wildman–Crippen MR) is 24.9 cm³/mol. The van der Waals surface area contributed by atoms with Gasteiger partial charge in [-0.3, -0.25) is 0 Å². The molecule has 0 saturated heterocycles. The van der Waals surface area contributed by atoms with E-state index in [1.165, 1.54) is 0 Å². The summed E-state index contributed by atoms with van der Waals surface area (Å²) in [7, 11) is 0. The Balaban J connectivity index is 3.60. The zero-order valence-corrected chi connectivity index (χ0v) is 4.40. The van der Waals surface area contributed by atoms with Gasteiger partial charge in [0.1, 0.15) is 11.3 Å². The molecule has 30 valence electrons. The zero-order valence-electron chi connectivity index (χ0n) is 2.07. The lowest BCUT2D eigenvalue weighted by Crippen LogP contribution is -1.58. The third kappa shape index (κ3) is 4.47. The second-order valence-electron chi connectivity index (χ2n) is 0.309. The molecule has 0 radical (unpaired) electrons. The van der Waals surface area contributed by atoms with Crippen LogP contribution in [-0.2, 0) is 11.3 Å². The van der Waals surface area contributed by atoms with Crippen LogP contribution in [0.25, 0.3) is 0 Å². The van der Waals surface area contributed by atoms with Crippen LogP contribution < -0.4 is 0 Å². The third-order valence-electron chi connectivity index (χ3n) is 0.0630. The Morgan fingerprint density at radius 1 is 1.60 bits per heavy atom. The summed E-state index contributed by atoms with van der Waals surface area (Å²) in [6.45, 7) is 0. The molecule has 0 aromatic heterocycles. The highest BCUT2D eigenvalue weighted by molar-refractivity contribution is 7.74. The van der Waals surface area contributed by atoms with E-state index in [9.17, 15) is 4.21 Å². The maximum Gasteiger partial charge on any atom is 0.199 e. The topological polar surface area (TPSA) is 17.1 Å². The molecular formula is CCl2OS. The van der Waals surface area contributed by atoms with Crippen LogP contribution in [-0.4, -0.2) is 7.99 Å². The van der Waals surface area contributed by atoms with Gasteiger partial charge < -0.3 is 0 Å². The Morgan fingerprint density at radius 3 is 1.80 bits per heavy atom. The molecule has 0 aliphatic heterocycles. The predicted octanol–water partition coefficient (Wildman–Crippen LogP) is 0.764. The molecule has 4 heteroatoms. The molecule has 0 rings (SSSR count). The van der Waals surface area contributed by atoms with E-state index in [1.807, 2.05) is 0 Å². The molecule has 0 atom stereocenters. The summed E-state index contributed by atoms with van der Waals surface area (Å²) in [6, 6.07) is 0. The molecule has 5 heavy (non-hydrogen) atoms. The minimum Gasteiger partial charge on any atom is -0.210 e. The Labute approximate surface area is 43.0 Å². The van der Waals surface area contributed by atoms with Crippen molar-refractivity contribution in [2.75, 3.05) is 0 Å². The van der Waals surface area contributed by atoms with Crippen molar-refractivity contribution in [3.63, 3.8) is 0 Å². The van der Waals surface area contributed by atoms with E-state index in [2.05, 4.69) is 0 Å². The van der Waals surface area contributed by atoms with Gasteiger partial charge in [-0.2, -0.15) is 0 Å². The number of hydrogen-bond acceptors (Lipinski definition) is 1. The summed E-state index contributed by atoms with van der Waals surface area (Å²) < 4.78 is 9.06. The number of hydrogen-bond donors (Lipinski definition) is 0. The quantitative estimate of drug-likeness (QED) is 0.350. The van der Waals surface area contributed by atoms with Gasteiger partial charge in [-0.15, -0.1) is 0 Å². The summed E-state index contributed by atoms with van der Waals surface area (Å²) in [5, 5.41) is 0. The Hall–Kier alpha value is 0.470. The minimum atomic E-state index is -0.190. The summed E-state index contributed by atoms with van der Waals surface area (Å²) in [4.78, 5) is 0. The first-order valence-corrected chi connectivity index (χ1v) is 2.25. The molecule has 0 saturated carbocycles. The first-order valence-electron chi connectivity index (χ1n) is 0.749. The van der Waals surface area contributed by atoms with Crippen molar-refractivity contribution in [2.45, 2.75) is 0 Å². The molecule has 0 aromatic carbocycles. The van der Waals surface area contributed by atoms with E-state index < -0.39 is 0 Å². The fourth-order valence-corrected chi connectivity index (χ4v) is 0. The van der Waals surface area contributed by atoms with Crippen molar-refractivity contribution < 1.29 is 4.21 Å². The largest absolute Gasteiger partial charge is 0.210 e. The van der Waals surface area contributed by atoms with E-state index in [0.29, 0.717) is 0 Å². The van der Waals surface area contributed by atoms with Crippen LogP contribution in [0.3, 0.4) is 0 Å². The van der Waals surface area contributed by atoms with Gasteiger partial charge in [-0.05, 0) is 0 Å². The average Bonchev–Trinajstić information content (AvgIpc) is 1.38. The van der Waals surface area contributed by atoms with Crippen LogP contribution >= 0.6 is 23.2 Å². The standard InChI is InChI=1S/CCl2OS/c2-1(3)5-4. The van der Waals surface area contributed by atoms with Crippen LogP contribution in [0.1, 0.15) is 0 Å². The smallest absolute Gasteiger partial charge is 0.199 e. The van der Waals surface area contributed by atoms with Crippen molar-refractivity contribution >= 4 is 38.2 Å². The summed E-state index contributed by atoms with van der Waals surface area (Å²) in [5.41, 5.74) is 0. The maximum atomic E-state index is 9.25. The molecule has 0 amide bonds. The van der Waals surface area contributed by atoms with Crippen LogP contribution in [0.15, 0.2) is 0 Å². The highest BCUT2D eigenvalue weighted by Crippen LogP contribution is 1.82. The normalized spacial score (nSPS) is 6.80. The van der Waals surface area contributed by atoms with Gasteiger partial charge in [0.05, 0.1) is 0 Å². The highest BCUT2D eigenvalue weighted by Gasteiger charge is 1.71. The van der Waals surface area contributed by atoms with E-state index in [1.54, 1.807) is 0 Å². The van der Waals surface area contributed by atoms with Gasteiger partial charge in [-0.25, -0.2) is 4.21 Å². The molecule has 0 aliphatic carbocycles. The molecule has 0 bridgehead atoms. The lowest BCUT2D eigenvalue weighted by molar-refractivity contribution is 0.701. The second kappa shape index (κ2) is 2.69. The molecule has 0 aromatic rings. The lowest BCUT2D eigenvalue weighted by atomic mass is 11.9. The van der Waals surface area contributed by atoms with Gasteiger partial charge in [0.15, 0.2) is 3.78 Å². The third-order valence-corrected chi connectivity index (χ3v) is 0.567. The second-order valence-corrected chi connectivity index (χ2v) is 2.28. The van der Waals surface area contributed by atoms with E-state index in [-0.39, 0.29) is 15.0 Å². The van der Waals surface area contributed by atoms with Gasteiger partial charge in [-0.1, -0.05) is 23.2 Å². The number of halogens is 2. The van der Waals surface area contributed by atoms with Crippen molar-refractivity contribution in [1.29, 1.82) is 0 Å². The van der Waals surface area contributed by atoms with E-state index >= 15 is 0 Å². The fraction of sp³-hybridized carbons (Fsp3) is 0. The fourth-order valence-electron chi connectivity index (χ4n) is 0. The Morgan fingerprint density at radius 2 is 1.80 bits per heavy atom. The molecule has 0 unspecified atom stereocenters. The van der Waals surface area contributed by atoms with Gasteiger partial charge in [0, 0.05) is 0 Å². The SMILES string of the molecule is O=S=C(Cl)Cl. The monoisotopic (exact) mass is 130 g/mol. The van der Waals surface area contributed by atoms with Crippen molar-refractivity contribution in [3.8, 4) is 0 Å².